The van der Waals surface area contributed by atoms with E-state index in [1.165, 1.54) is 6.08 Å². The Bertz CT molecular complexity index is 917. The van der Waals surface area contributed by atoms with Crippen molar-refractivity contribution in [3.63, 3.8) is 0 Å². The SMILES string of the molecule is CC(C)CN1C(=O)C(C)(C)COc2ccc(NC(=O)/C=C/c3ccccc3)cc21. The lowest BCUT2D eigenvalue weighted by Crippen LogP contribution is -2.43. The maximum absolute atomic E-state index is 13.1. The number of benzene rings is 2. The van der Waals surface area contributed by atoms with E-state index in [9.17, 15) is 9.59 Å². The molecule has 2 amide bonds. The Labute approximate surface area is 172 Å². The highest BCUT2D eigenvalue weighted by Crippen LogP contribution is 2.38. The van der Waals surface area contributed by atoms with Gasteiger partial charge in [-0.15, -0.1) is 0 Å². The van der Waals surface area contributed by atoms with Crippen molar-refractivity contribution in [2.75, 3.05) is 23.4 Å². The summed E-state index contributed by atoms with van der Waals surface area (Å²) in [6, 6.07) is 15.1. The van der Waals surface area contributed by atoms with Gasteiger partial charge in [0.25, 0.3) is 0 Å². The number of carbonyl (C=O) groups is 2. The molecule has 0 spiro atoms. The first-order valence-corrected chi connectivity index (χ1v) is 9.89. The maximum atomic E-state index is 13.1. The van der Waals surface area contributed by atoms with E-state index >= 15 is 0 Å². The third kappa shape index (κ3) is 5.05. The van der Waals surface area contributed by atoms with Crippen LogP contribution >= 0.6 is 0 Å². The van der Waals surface area contributed by atoms with Gasteiger partial charge in [-0.05, 0) is 49.6 Å². The van der Waals surface area contributed by atoms with Gasteiger partial charge in [0.05, 0.1) is 11.1 Å². The minimum Gasteiger partial charge on any atom is -0.490 e. The van der Waals surface area contributed by atoms with Crippen molar-refractivity contribution >= 4 is 29.3 Å². The van der Waals surface area contributed by atoms with E-state index < -0.39 is 5.41 Å². The van der Waals surface area contributed by atoms with Gasteiger partial charge in [0.1, 0.15) is 12.4 Å². The molecule has 0 atom stereocenters. The molecule has 2 aromatic carbocycles. The lowest BCUT2D eigenvalue weighted by molar-refractivity contribution is -0.127. The number of ether oxygens (including phenoxy) is 1. The second kappa shape index (κ2) is 8.52. The fourth-order valence-corrected chi connectivity index (χ4v) is 3.19. The number of hydrogen-bond acceptors (Lipinski definition) is 3. The van der Waals surface area contributed by atoms with Crippen molar-refractivity contribution in [2.45, 2.75) is 27.7 Å². The molecule has 0 aromatic heterocycles. The third-order valence-electron chi connectivity index (χ3n) is 4.70. The predicted octanol–water partition coefficient (Wildman–Crippen LogP) is 4.75. The highest BCUT2D eigenvalue weighted by molar-refractivity contribution is 6.03. The number of nitrogens with one attached hydrogen (secondary N) is 1. The molecule has 1 aliphatic rings. The summed E-state index contributed by atoms with van der Waals surface area (Å²) in [6.45, 7) is 8.84. The van der Waals surface area contributed by atoms with Crippen LogP contribution < -0.4 is 15.0 Å². The molecule has 2 aromatic rings. The molecule has 5 heteroatoms. The lowest BCUT2D eigenvalue weighted by atomic mass is 9.92. The number of amides is 2. The summed E-state index contributed by atoms with van der Waals surface area (Å²) < 4.78 is 5.92. The first-order valence-electron chi connectivity index (χ1n) is 9.89. The van der Waals surface area contributed by atoms with Gasteiger partial charge in [-0.2, -0.15) is 0 Å². The minimum absolute atomic E-state index is 0.0254. The van der Waals surface area contributed by atoms with Gasteiger partial charge in [-0.3, -0.25) is 9.59 Å². The molecule has 5 nitrogen and oxygen atoms in total. The zero-order valence-corrected chi connectivity index (χ0v) is 17.4. The number of fused-ring (bicyclic) bond motifs is 1. The van der Waals surface area contributed by atoms with Gasteiger partial charge in [-0.1, -0.05) is 44.2 Å². The molecule has 1 aliphatic heterocycles. The Morgan fingerprint density at radius 2 is 1.93 bits per heavy atom. The Kier molecular flexibility index (Phi) is 6.06. The number of nitrogens with zero attached hydrogens (tertiary/aromatic N) is 1. The monoisotopic (exact) mass is 392 g/mol. The molecule has 0 bridgehead atoms. The van der Waals surface area contributed by atoms with Crippen LogP contribution in [0.25, 0.3) is 6.08 Å². The van der Waals surface area contributed by atoms with Crippen molar-refractivity contribution in [1.82, 2.24) is 0 Å². The molecule has 0 aliphatic carbocycles. The Balaban J connectivity index is 1.84. The van der Waals surface area contributed by atoms with E-state index in [1.54, 1.807) is 17.0 Å². The van der Waals surface area contributed by atoms with Crippen molar-refractivity contribution in [3.8, 4) is 5.75 Å². The van der Waals surface area contributed by atoms with Crippen molar-refractivity contribution in [2.24, 2.45) is 11.3 Å². The van der Waals surface area contributed by atoms with E-state index in [4.69, 9.17) is 4.74 Å². The Morgan fingerprint density at radius 3 is 2.62 bits per heavy atom. The normalized spacial score (nSPS) is 15.8. The number of rotatable bonds is 5. The summed E-state index contributed by atoms with van der Waals surface area (Å²) in [4.78, 5) is 27.2. The van der Waals surface area contributed by atoms with E-state index in [1.807, 2.05) is 56.3 Å². The zero-order chi connectivity index (χ0) is 21.0. The van der Waals surface area contributed by atoms with Crippen LogP contribution in [0.1, 0.15) is 33.3 Å². The van der Waals surface area contributed by atoms with Crippen LogP contribution in [0, 0.1) is 11.3 Å². The summed E-state index contributed by atoms with van der Waals surface area (Å²) in [5, 5.41) is 2.87. The summed E-state index contributed by atoms with van der Waals surface area (Å²) in [6.07, 6.45) is 3.26. The van der Waals surface area contributed by atoms with Crippen LogP contribution in [0.15, 0.2) is 54.6 Å². The number of hydrogen-bond donors (Lipinski definition) is 1. The van der Waals surface area contributed by atoms with E-state index in [0.717, 1.165) is 5.56 Å². The predicted molar refractivity (Wildman–Crippen MR) is 117 cm³/mol. The van der Waals surface area contributed by atoms with Crippen molar-refractivity contribution in [1.29, 1.82) is 0 Å². The van der Waals surface area contributed by atoms with Crippen molar-refractivity contribution in [3.05, 3.63) is 60.2 Å². The average Bonchev–Trinajstić information content (AvgIpc) is 2.77. The quantitative estimate of drug-likeness (QED) is 0.747. The topological polar surface area (TPSA) is 58.6 Å². The molecule has 0 saturated carbocycles. The molecular weight excluding hydrogens is 364 g/mol. The minimum atomic E-state index is -0.615. The van der Waals surface area contributed by atoms with E-state index in [2.05, 4.69) is 19.2 Å². The highest BCUT2D eigenvalue weighted by Gasteiger charge is 2.38. The standard InChI is InChI=1S/C24H28N2O3/c1-17(2)15-26-20-14-19(11-12-21(20)29-16-24(3,4)23(26)28)25-22(27)13-10-18-8-6-5-7-9-18/h5-14,17H,15-16H2,1-4H3,(H,25,27)/b13-10+. The van der Waals surface area contributed by atoms with Crippen LogP contribution in [0.3, 0.4) is 0 Å². The van der Waals surface area contributed by atoms with Gasteiger partial charge in [0.2, 0.25) is 11.8 Å². The van der Waals surface area contributed by atoms with Gasteiger partial charge < -0.3 is 15.0 Å². The number of anilines is 2. The maximum Gasteiger partial charge on any atom is 0.248 e. The van der Waals surface area contributed by atoms with Gasteiger partial charge in [-0.25, -0.2) is 0 Å². The summed E-state index contributed by atoms with van der Waals surface area (Å²) in [7, 11) is 0. The molecule has 1 heterocycles. The summed E-state index contributed by atoms with van der Waals surface area (Å²) >= 11 is 0. The van der Waals surface area contributed by atoms with Gasteiger partial charge >= 0.3 is 0 Å². The zero-order valence-electron chi connectivity index (χ0n) is 17.4. The molecule has 3 rings (SSSR count). The van der Waals surface area contributed by atoms with Crippen LogP contribution in [0.5, 0.6) is 5.75 Å². The van der Waals surface area contributed by atoms with Gasteiger partial charge in [0.15, 0.2) is 0 Å². The van der Waals surface area contributed by atoms with Gasteiger partial charge in [0, 0.05) is 18.3 Å². The number of carbonyl (C=O) groups excluding carboxylic acids is 2. The van der Waals surface area contributed by atoms with Crippen LogP contribution in [0.2, 0.25) is 0 Å². The molecule has 0 saturated heterocycles. The Morgan fingerprint density at radius 1 is 1.21 bits per heavy atom. The third-order valence-corrected chi connectivity index (χ3v) is 4.70. The molecule has 29 heavy (non-hydrogen) atoms. The molecule has 0 fully saturated rings. The smallest absolute Gasteiger partial charge is 0.248 e. The molecule has 0 radical (unpaired) electrons. The van der Waals surface area contributed by atoms with E-state index in [0.29, 0.717) is 36.2 Å². The summed E-state index contributed by atoms with van der Waals surface area (Å²) in [5.74, 6) is 0.748. The van der Waals surface area contributed by atoms with Crippen LogP contribution in [-0.4, -0.2) is 25.0 Å². The first-order chi connectivity index (χ1) is 13.8. The second-order valence-corrected chi connectivity index (χ2v) is 8.40. The van der Waals surface area contributed by atoms with Crippen LogP contribution in [0.4, 0.5) is 11.4 Å². The fraction of sp³-hybridized carbons (Fsp3) is 0.333. The van der Waals surface area contributed by atoms with Crippen molar-refractivity contribution < 1.29 is 14.3 Å². The molecule has 0 unspecified atom stereocenters. The largest absolute Gasteiger partial charge is 0.490 e. The second-order valence-electron chi connectivity index (χ2n) is 8.40. The highest BCUT2D eigenvalue weighted by atomic mass is 16.5. The molecular formula is C24H28N2O3. The van der Waals surface area contributed by atoms with Crippen LogP contribution in [-0.2, 0) is 9.59 Å². The van der Waals surface area contributed by atoms with E-state index in [-0.39, 0.29) is 11.8 Å². The average molecular weight is 392 g/mol. The Hall–Kier alpha value is -3.08. The first kappa shape index (κ1) is 20.6. The lowest BCUT2D eigenvalue weighted by Gasteiger charge is -2.29. The molecule has 1 N–H and O–H groups in total. The molecule has 152 valence electrons. The fourth-order valence-electron chi connectivity index (χ4n) is 3.19. The summed E-state index contributed by atoms with van der Waals surface area (Å²) in [5.41, 5.74) is 1.65.